The fourth-order valence-corrected chi connectivity index (χ4v) is 3.53. The van der Waals surface area contributed by atoms with Crippen LogP contribution < -0.4 is 0 Å². The van der Waals surface area contributed by atoms with Gasteiger partial charge >= 0.3 is 0 Å². The Hall–Kier alpha value is -2.48. The molecule has 1 fully saturated rings. The van der Waals surface area contributed by atoms with Crippen LogP contribution in [0.4, 0.5) is 5.69 Å². The Morgan fingerprint density at radius 3 is 2.73 bits per heavy atom. The molecular weight excluding hydrogens is 304 g/mol. The van der Waals surface area contributed by atoms with Gasteiger partial charge in [-0.1, -0.05) is 0 Å². The number of nitro benzene ring substituents is 1. The molecule has 1 aliphatic rings. The largest absolute Gasteiger partial charge is 0.320 e. The molecule has 8 heteroatoms. The summed E-state index contributed by atoms with van der Waals surface area (Å²) >= 11 is 1.63. The summed E-state index contributed by atoms with van der Waals surface area (Å²) in [4.78, 5) is 32.5. The summed E-state index contributed by atoms with van der Waals surface area (Å²) in [5, 5.41) is 10.6. The van der Waals surface area contributed by atoms with Gasteiger partial charge in [-0.25, -0.2) is 4.98 Å². The lowest BCUT2D eigenvalue weighted by Gasteiger charge is -2.23. The highest BCUT2D eigenvalue weighted by molar-refractivity contribution is 7.99. The van der Waals surface area contributed by atoms with E-state index in [0.717, 1.165) is 11.3 Å². The van der Waals surface area contributed by atoms with E-state index in [2.05, 4.69) is 9.97 Å². The lowest BCUT2D eigenvalue weighted by atomic mass is 10.2. The number of non-ortho nitro benzene ring substituents is 1. The minimum absolute atomic E-state index is 0.0403. The molecule has 0 bridgehead atoms. The molecule has 1 aromatic carbocycles. The van der Waals surface area contributed by atoms with Gasteiger partial charge in [0.05, 0.1) is 11.1 Å². The summed E-state index contributed by atoms with van der Waals surface area (Å²) in [5.74, 6) is 0.634. The van der Waals surface area contributed by atoms with Crippen molar-refractivity contribution in [1.29, 1.82) is 0 Å². The fourth-order valence-electron chi connectivity index (χ4n) is 2.27. The number of rotatable bonds is 3. The van der Waals surface area contributed by atoms with E-state index in [-0.39, 0.29) is 17.0 Å². The Bertz CT molecular complexity index is 693. The van der Waals surface area contributed by atoms with Crippen molar-refractivity contribution >= 4 is 23.4 Å². The van der Waals surface area contributed by atoms with Crippen molar-refractivity contribution in [2.24, 2.45) is 0 Å². The van der Waals surface area contributed by atoms with Gasteiger partial charge < -0.3 is 4.90 Å². The van der Waals surface area contributed by atoms with Crippen molar-refractivity contribution in [3.8, 4) is 0 Å². The van der Waals surface area contributed by atoms with E-state index in [1.165, 1.54) is 30.7 Å². The Morgan fingerprint density at radius 1 is 1.32 bits per heavy atom. The van der Waals surface area contributed by atoms with Crippen LogP contribution in [-0.4, -0.2) is 38.0 Å². The first-order chi connectivity index (χ1) is 10.7. The van der Waals surface area contributed by atoms with Gasteiger partial charge in [-0.3, -0.25) is 19.9 Å². The van der Waals surface area contributed by atoms with E-state index >= 15 is 0 Å². The van der Waals surface area contributed by atoms with Crippen LogP contribution in [0.3, 0.4) is 0 Å². The highest BCUT2D eigenvalue weighted by Crippen LogP contribution is 2.38. The van der Waals surface area contributed by atoms with Crippen LogP contribution >= 0.6 is 11.8 Å². The molecule has 0 aliphatic carbocycles. The van der Waals surface area contributed by atoms with Gasteiger partial charge in [-0.05, 0) is 17.7 Å². The third kappa shape index (κ3) is 2.77. The topological polar surface area (TPSA) is 89.2 Å². The minimum Gasteiger partial charge on any atom is -0.320 e. The van der Waals surface area contributed by atoms with Crippen LogP contribution in [0.1, 0.15) is 21.4 Å². The maximum absolute atomic E-state index is 12.5. The quantitative estimate of drug-likeness (QED) is 0.637. The molecule has 112 valence electrons. The van der Waals surface area contributed by atoms with Gasteiger partial charge in [0.15, 0.2) is 0 Å². The molecule has 1 unspecified atom stereocenters. The molecule has 1 atom stereocenters. The van der Waals surface area contributed by atoms with Gasteiger partial charge in [0.1, 0.15) is 11.1 Å². The van der Waals surface area contributed by atoms with Crippen molar-refractivity contribution in [3.63, 3.8) is 0 Å². The average Bonchev–Trinajstić information content (AvgIpc) is 3.04. The highest BCUT2D eigenvalue weighted by Gasteiger charge is 2.32. The van der Waals surface area contributed by atoms with Gasteiger partial charge in [-0.2, -0.15) is 0 Å². The number of nitro groups is 1. The molecule has 2 heterocycles. The average molecular weight is 316 g/mol. The molecule has 0 saturated carbocycles. The summed E-state index contributed by atoms with van der Waals surface area (Å²) in [6.07, 6.45) is 4.44. The zero-order valence-corrected chi connectivity index (χ0v) is 12.3. The van der Waals surface area contributed by atoms with Crippen LogP contribution in [0.5, 0.6) is 0 Å². The number of amides is 1. The summed E-state index contributed by atoms with van der Waals surface area (Å²) < 4.78 is 0. The maximum atomic E-state index is 12.5. The lowest BCUT2D eigenvalue weighted by Crippen LogP contribution is -2.31. The number of hydrogen-bond acceptors (Lipinski definition) is 6. The number of thioether (sulfide) groups is 1. The van der Waals surface area contributed by atoms with Gasteiger partial charge in [0.2, 0.25) is 0 Å². The van der Waals surface area contributed by atoms with Crippen LogP contribution in [-0.2, 0) is 0 Å². The number of aromatic nitrogens is 2. The van der Waals surface area contributed by atoms with Crippen molar-refractivity contribution < 1.29 is 9.72 Å². The molecule has 2 aromatic rings. The smallest absolute Gasteiger partial charge is 0.275 e. The molecule has 7 nitrogen and oxygen atoms in total. The predicted octanol–water partition coefficient (Wildman–Crippen LogP) is 2.27. The number of hydrogen-bond donors (Lipinski definition) is 0. The SMILES string of the molecule is O=C(c1cnccn1)N1CCSC1c1ccc([N+](=O)[O-])cc1. The minimum atomic E-state index is -0.436. The van der Waals surface area contributed by atoms with Gasteiger partial charge in [0, 0.05) is 36.8 Å². The van der Waals surface area contributed by atoms with E-state index < -0.39 is 4.92 Å². The summed E-state index contributed by atoms with van der Waals surface area (Å²) in [5.41, 5.74) is 1.21. The standard InChI is InChI=1S/C14H12N4O3S/c19-13(12-9-15-5-6-16-12)17-7-8-22-14(17)10-1-3-11(4-2-10)18(20)21/h1-6,9,14H,7-8H2. The Labute approximate surface area is 130 Å². The number of benzene rings is 1. The molecule has 1 saturated heterocycles. The predicted molar refractivity (Wildman–Crippen MR) is 81.4 cm³/mol. The van der Waals surface area contributed by atoms with Crippen LogP contribution in [0.15, 0.2) is 42.9 Å². The second-order valence-corrected chi connectivity index (χ2v) is 5.85. The summed E-state index contributed by atoms with van der Waals surface area (Å²) in [6, 6.07) is 6.30. The maximum Gasteiger partial charge on any atom is 0.275 e. The second-order valence-electron chi connectivity index (χ2n) is 4.66. The molecule has 1 aliphatic heterocycles. The van der Waals surface area contributed by atoms with E-state index in [1.54, 1.807) is 28.8 Å². The first kappa shape index (κ1) is 14.5. The van der Waals surface area contributed by atoms with Gasteiger partial charge in [-0.15, -0.1) is 11.8 Å². The molecular formula is C14H12N4O3S. The van der Waals surface area contributed by atoms with E-state index in [4.69, 9.17) is 0 Å². The molecule has 3 rings (SSSR count). The van der Waals surface area contributed by atoms with E-state index in [9.17, 15) is 14.9 Å². The van der Waals surface area contributed by atoms with Crippen LogP contribution in [0.2, 0.25) is 0 Å². The van der Waals surface area contributed by atoms with Crippen molar-refractivity contribution in [2.75, 3.05) is 12.3 Å². The molecule has 22 heavy (non-hydrogen) atoms. The second kappa shape index (κ2) is 6.10. The number of nitrogens with zero attached hydrogens (tertiary/aromatic N) is 4. The zero-order chi connectivity index (χ0) is 15.5. The third-order valence-electron chi connectivity index (χ3n) is 3.32. The molecule has 1 amide bonds. The van der Waals surface area contributed by atoms with Crippen LogP contribution in [0.25, 0.3) is 0 Å². The van der Waals surface area contributed by atoms with Gasteiger partial charge in [0.25, 0.3) is 11.6 Å². The highest BCUT2D eigenvalue weighted by atomic mass is 32.2. The number of carbonyl (C=O) groups excluding carboxylic acids is 1. The molecule has 0 spiro atoms. The third-order valence-corrected chi connectivity index (χ3v) is 4.58. The first-order valence-corrected chi connectivity index (χ1v) is 7.64. The molecule has 0 N–H and O–H groups in total. The molecule has 1 aromatic heterocycles. The monoisotopic (exact) mass is 316 g/mol. The van der Waals surface area contributed by atoms with Crippen molar-refractivity contribution in [3.05, 3.63) is 64.2 Å². The first-order valence-electron chi connectivity index (χ1n) is 6.60. The van der Waals surface area contributed by atoms with Crippen molar-refractivity contribution in [1.82, 2.24) is 14.9 Å². The zero-order valence-electron chi connectivity index (χ0n) is 11.5. The van der Waals surface area contributed by atoms with Crippen LogP contribution in [0, 0.1) is 10.1 Å². The molecule has 0 radical (unpaired) electrons. The lowest BCUT2D eigenvalue weighted by molar-refractivity contribution is -0.384. The Morgan fingerprint density at radius 2 is 2.09 bits per heavy atom. The van der Waals surface area contributed by atoms with Crippen molar-refractivity contribution in [2.45, 2.75) is 5.37 Å². The normalized spacial score (nSPS) is 17.5. The Kier molecular flexibility index (Phi) is 4.01. The fraction of sp³-hybridized carbons (Fsp3) is 0.214. The number of carbonyl (C=O) groups is 1. The summed E-state index contributed by atoms with van der Waals surface area (Å²) in [6.45, 7) is 0.613. The Balaban J connectivity index is 1.84. The van der Waals surface area contributed by atoms with E-state index in [0.29, 0.717) is 12.2 Å². The summed E-state index contributed by atoms with van der Waals surface area (Å²) in [7, 11) is 0. The van der Waals surface area contributed by atoms with E-state index in [1.807, 2.05) is 0 Å².